The molecule has 3 heteroatoms. The highest BCUT2D eigenvalue weighted by Gasteiger charge is 2.19. The summed E-state index contributed by atoms with van der Waals surface area (Å²) in [6.45, 7) is 0. The summed E-state index contributed by atoms with van der Waals surface area (Å²) in [4.78, 5) is 1.45. The van der Waals surface area contributed by atoms with Crippen LogP contribution in [0.25, 0.3) is 0 Å². The highest BCUT2D eigenvalue weighted by Crippen LogP contribution is 2.29. The Kier molecular flexibility index (Phi) is 4.23. The minimum Gasteiger partial charge on any atom is -0.393 e. The Morgan fingerprint density at radius 2 is 2.20 bits per heavy atom. The van der Waals surface area contributed by atoms with Crippen LogP contribution < -0.4 is 0 Å². The molecule has 2 rings (SSSR count). The first kappa shape index (κ1) is 11.6. The van der Waals surface area contributed by atoms with Crippen molar-refractivity contribution in [1.29, 1.82) is 0 Å². The van der Waals surface area contributed by atoms with Gasteiger partial charge in [0.1, 0.15) is 0 Å². The topological polar surface area (TPSA) is 20.2 Å². The number of hydrogen-bond acceptors (Lipinski definition) is 2. The van der Waals surface area contributed by atoms with Gasteiger partial charge in [-0.2, -0.15) is 0 Å². The minimum atomic E-state index is -0.0547. The number of thiophene rings is 1. The lowest BCUT2D eigenvalue weighted by Gasteiger charge is -2.15. The molecule has 1 heterocycles. The van der Waals surface area contributed by atoms with Gasteiger partial charge in [-0.1, -0.05) is 19.3 Å². The van der Waals surface area contributed by atoms with E-state index in [0.717, 1.165) is 19.3 Å². The molecule has 1 aromatic heterocycles. The lowest BCUT2D eigenvalue weighted by molar-refractivity contribution is 0.141. The zero-order valence-corrected chi connectivity index (χ0v) is 11.2. The van der Waals surface area contributed by atoms with Crippen molar-refractivity contribution in [1.82, 2.24) is 0 Å². The van der Waals surface area contributed by atoms with Crippen LogP contribution in [0.3, 0.4) is 0 Å². The summed E-state index contributed by atoms with van der Waals surface area (Å²) < 4.78 is 1.19. The molecule has 1 saturated carbocycles. The van der Waals surface area contributed by atoms with Gasteiger partial charge in [0.15, 0.2) is 0 Å². The molecule has 0 spiro atoms. The molecule has 84 valence electrons. The third-order valence-electron chi connectivity index (χ3n) is 3.12. The second-order valence-corrected chi connectivity index (χ2v) is 6.39. The predicted molar refractivity (Wildman–Crippen MR) is 68.3 cm³/mol. The van der Waals surface area contributed by atoms with Crippen LogP contribution in [0.4, 0.5) is 0 Å². The van der Waals surface area contributed by atoms with Gasteiger partial charge in [0, 0.05) is 14.7 Å². The number of rotatable bonds is 2. The number of aliphatic hydroxyl groups is 1. The van der Waals surface area contributed by atoms with Gasteiger partial charge < -0.3 is 5.11 Å². The Bertz CT molecular complexity index is 310. The van der Waals surface area contributed by atoms with E-state index >= 15 is 0 Å². The zero-order valence-electron chi connectivity index (χ0n) is 8.79. The maximum Gasteiger partial charge on any atom is 0.0543 e. The molecule has 1 fully saturated rings. The van der Waals surface area contributed by atoms with Crippen LogP contribution >= 0.6 is 27.3 Å². The standard InChI is InChI=1S/C12H17BrOS/c13-10-7-12(15-8-10)6-9-3-1-2-4-11(14)5-9/h7-9,11,14H,1-6H2. The fourth-order valence-electron chi connectivity index (χ4n) is 2.36. The van der Waals surface area contributed by atoms with Crippen molar-refractivity contribution in [2.24, 2.45) is 5.92 Å². The van der Waals surface area contributed by atoms with Crippen LogP contribution in [0.1, 0.15) is 37.0 Å². The quantitative estimate of drug-likeness (QED) is 0.816. The highest BCUT2D eigenvalue weighted by molar-refractivity contribution is 9.10. The maximum absolute atomic E-state index is 9.74. The largest absolute Gasteiger partial charge is 0.393 e. The van der Waals surface area contributed by atoms with E-state index in [1.54, 1.807) is 0 Å². The van der Waals surface area contributed by atoms with Crippen LogP contribution in [0.15, 0.2) is 15.9 Å². The van der Waals surface area contributed by atoms with Crippen molar-refractivity contribution in [2.75, 3.05) is 0 Å². The van der Waals surface area contributed by atoms with Crippen molar-refractivity contribution in [3.63, 3.8) is 0 Å². The van der Waals surface area contributed by atoms with Crippen molar-refractivity contribution in [3.05, 3.63) is 20.8 Å². The lowest BCUT2D eigenvalue weighted by Crippen LogP contribution is -2.12. The van der Waals surface area contributed by atoms with Crippen LogP contribution in [-0.2, 0) is 6.42 Å². The van der Waals surface area contributed by atoms with Gasteiger partial charge in [-0.25, -0.2) is 0 Å². The minimum absolute atomic E-state index is 0.0547. The van der Waals surface area contributed by atoms with E-state index in [1.807, 2.05) is 11.3 Å². The summed E-state index contributed by atoms with van der Waals surface area (Å²) in [6.07, 6.45) is 6.86. The maximum atomic E-state index is 9.74. The SMILES string of the molecule is OC1CCCCC(Cc2cc(Br)cs2)C1. The van der Waals surface area contributed by atoms with Crippen LogP contribution in [-0.4, -0.2) is 11.2 Å². The molecule has 1 N–H and O–H groups in total. The molecule has 0 amide bonds. The fourth-order valence-corrected chi connectivity index (χ4v) is 3.93. The van der Waals surface area contributed by atoms with Gasteiger partial charge in [0.2, 0.25) is 0 Å². The summed E-state index contributed by atoms with van der Waals surface area (Å²) in [5.41, 5.74) is 0. The first-order chi connectivity index (χ1) is 7.24. The molecule has 1 nitrogen and oxygen atoms in total. The van der Waals surface area contributed by atoms with E-state index in [0.29, 0.717) is 5.92 Å². The van der Waals surface area contributed by atoms with Gasteiger partial charge in [0.05, 0.1) is 6.10 Å². The van der Waals surface area contributed by atoms with Crippen LogP contribution in [0.2, 0.25) is 0 Å². The summed E-state index contributed by atoms with van der Waals surface area (Å²) >= 11 is 5.31. The number of hydrogen-bond donors (Lipinski definition) is 1. The van der Waals surface area contributed by atoms with Gasteiger partial charge in [-0.05, 0) is 47.2 Å². The van der Waals surface area contributed by atoms with E-state index in [2.05, 4.69) is 27.4 Å². The number of aliphatic hydroxyl groups excluding tert-OH is 1. The Balaban J connectivity index is 1.92. The molecule has 2 atom stereocenters. The monoisotopic (exact) mass is 288 g/mol. The summed E-state index contributed by atoms with van der Waals surface area (Å²) in [5.74, 6) is 0.688. The van der Waals surface area contributed by atoms with Gasteiger partial charge in [0.25, 0.3) is 0 Å². The normalized spacial score (nSPS) is 27.6. The van der Waals surface area contributed by atoms with Crippen molar-refractivity contribution < 1.29 is 5.11 Å². The van der Waals surface area contributed by atoms with E-state index < -0.39 is 0 Å². The van der Waals surface area contributed by atoms with Crippen molar-refractivity contribution in [3.8, 4) is 0 Å². The molecule has 1 aliphatic carbocycles. The molecular formula is C12H17BrOS. The highest BCUT2D eigenvalue weighted by atomic mass is 79.9. The molecule has 0 radical (unpaired) electrons. The summed E-state index contributed by atoms with van der Waals surface area (Å²) in [7, 11) is 0. The van der Waals surface area contributed by atoms with E-state index in [9.17, 15) is 5.11 Å². The third-order valence-corrected chi connectivity index (χ3v) is 4.84. The van der Waals surface area contributed by atoms with Gasteiger partial charge >= 0.3 is 0 Å². The van der Waals surface area contributed by atoms with E-state index in [4.69, 9.17) is 0 Å². The molecule has 1 aromatic rings. The molecule has 0 aliphatic heterocycles. The zero-order chi connectivity index (χ0) is 10.7. The summed E-state index contributed by atoms with van der Waals surface area (Å²) in [5, 5.41) is 11.9. The third kappa shape index (κ3) is 3.58. The average molecular weight is 289 g/mol. The Morgan fingerprint density at radius 1 is 1.40 bits per heavy atom. The van der Waals surface area contributed by atoms with Crippen LogP contribution in [0.5, 0.6) is 0 Å². The average Bonchev–Trinajstić information content (AvgIpc) is 2.46. The van der Waals surface area contributed by atoms with E-state index in [1.165, 1.54) is 28.6 Å². The molecular weight excluding hydrogens is 272 g/mol. The Labute approximate surface area is 104 Å². The Morgan fingerprint density at radius 3 is 2.93 bits per heavy atom. The fraction of sp³-hybridized carbons (Fsp3) is 0.667. The summed E-state index contributed by atoms with van der Waals surface area (Å²) in [6, 6.07) is 2.21. The van der Waals surface area contributed by atoms with Gasteiger partial charge in [-0.15, -0.1) is 11.3 Å². The van der Waals surface area contributed by atoms with Crippen molar-refractivity contribution in [2.45, 2.75) is 44.6 Å². The molecule has 2 unspecified atom stereocenters. The molecule has 15 heavy (non-hydrogen) atoms. The molecule has 0 aromatic carbocycles. The smallest absolute Gasteiger partial charge is 0.0543 e. The molecule has 0 bridgehead atoms. The van der Waals surface area contributed by atoms with Gasteiger partial charge in [-0.3, -0.25) is 0 Å². The first-order valence-corrected chi connectivity index (χ1v) is 7.32. The predicted octanol–water partition coefficient (Wildman–Crippen LogP) is 3.99. The second kappa shape index (κ2) is 5.46. The molecule has 1 aliphatic rings. The van der Waals surface area contributed by atoms with Crippen molar-refractivity contribution >= 4 is 27.3 Å². The Hall–Kier alpha value is 0.140. The van der Waals surface area contributed by atoms with Crippen LogP contribution in [0, 0.1) is 5.92 Å². The number of halogens is 1. The first-order valence-electron chi connectivity index (χ1n) is 5.65. The van der Waals surface area contributed by atoms with E-state index in [-0.39, 0.29) is 6.10 Å². The second-order valence-electron chi connectivity index (χ2n) is 4.48. The molecule has 0 saturated heterocycles. The lowest BCUT2D eigenvalue weighted by atomic mass is 9.95.